The third-order valence-corrected chi connectivity index (χ3v) is 4.31. The van der Waals surface area contributed by atoms with E-state index in [-0.39, 0.29) is 12.4 Å². The summed E-state index contributed by atoms with van der Waals surface area (Å²) >= 11 is 1.25. The number of hydrogen-bond acceptors (Lipinski definition) is 8. The van der Waals surface area contributed by atoms with Crippen molar-refractivity contribution in [2.45, 2.75) is 6.54 Å². The highest BCUT2D eigenvalue weighted by atomic mass is 32.1. The van der Waals surface area contributed by atoms with E-state index in [4.69, 9.17) is 9.47 Å². The van der Waals surface area contributed by atoms with Gasteiger partial charge in [-0.25, -0.2) is 4.98 Å². The van der Waals surface area contributed by atoms with E-state index >= 15 is 0 Å². The van der Waals surface area contributed by atoms with Gasteiger partial charge in [-0.05, 0) is 23.1 Å². The first kappa shape index (κ1) is 18.3. The molecule has 27 heavy (non-hydrogen) atoms. The number of nitrogens with one attached hydrogen (secondary N) is 1. The Morgan fingerprint density at radius 3 is 2.81 bits per heavy atom. The number of ether oxygens (including phenoxy) is 2. The van der Waals surface area contributed by atoms with Gasteiger partial charge in [0, 0.05) is 10.9 Å². The van der Waals surface area contributed by atoms with E-state index in [9.17, 15) is 14.9 Å². The third-order valence-electron chi connectivity index (χ3n) is 3.55. The SMILES string of the molecule is COc1ccc(OC)c(-c2csc(NC(=O)Cn3ccc([N+](=O)[O-])n3)n2)c1. The molecule has 10 nitrogen and oxygen atoms in total. The number of amides is 1. The molecule has 3 aromatic rings. The molecule has 0 unspecified atom stereocenters. The standard InChI is InChI=1S/C16H15N5O5S/c1-25-10-3-4-13(26-2)11(7-10)12-9-27-16(17-12)18-15(22)8-20-6-5-14(19-20)21(23)24/h3-7,9H,8H2,1-2H3,(H,17,18,22). The molecule has 0 saturated carbocycles. The molecule has 0 aliphatic rings. The van der Waals surface area contributed by atoms with Crippen molar-refractivity contribution in [1.82, 2.24) is 14.8 Å². The average molecular weight is 389 g/mol. The molecule has 0 spiro atoms. The molecule has 2 aromatic heterocycles. The minimum Gasteiger partial charge on any atom is -0.497 e. The monoisotopic (exact) mass is 389 g/mol. The Balaban J connectivity index is 1.72. The minimum atomic E-state index is -0.622. The molecule has 0 bridgehead atoms. The highest BCUT2D eigenvalue weighted by molar-refractivity contribution is 7.14. The fourth-order valence-electron chi connectivity index (χ4n) is 2.31. The predicted molar refractivity (Wildman–Crippen MR) is 98.2 cm³/mol. The first-order valence-electron chi connectivity index (χ1n) is 7.65. The number of carbonyl (C=O) groups is 1. The zero-order valence-electron chi connectivity index (χ0n) is 14.4. The minimum absolute atomic E-state index is 0.161. The van der Waals surface area contributed by atoms with Crippen LogP contribution in [0.3, 0.4) is 0 Å². The second-order valence-corrected chi connectivity index (χ2v) is 6.14. The van der Waals surface area contributed by atoms with Gasteiger partial charge in [-0.15, -0.1) is 11.3 Å². The van der Waals surface area contributed by atoms with Gasteiger partial charge in [0.15, 0.2) is 5.13 Å². The lowest BCUT2D eigenvalue weighted by molar-refractivity contribution is -0.389. The zero-order chi connectivity index (χ0) is 19.4. The van der Waals surface area contributed by atoms with Crippen molar-refractivity contribution >= 4 is 28.2 Å². The molecule has 0 aliphatic heterocycles. The van der Waals surface area contributed by atoms with Crippen molar-refractivity contribution < 1.29 is 19.2 Å². The number of benzene rings is 1. The van der Waals surface area contributed by atoms with E-state index in [0.29, 0.717) is 22.3 Å². The molecule has 2 heterocycles. The van der Waals surface area contributed by atoms with E-state index in [1.165, 1.54) is 28.3 Å². The summed E-state index contributed by atoms with van der Waals surface area (Å²) < 4.78 is 11.8. The van der Waals surface area contributed by atoms with E-state index in [2.05, 4.69) is 15.4 Å². The summed E-state index contributed by atoms with van der Waals surface area (Å²) in [4.78, 5) is 26.5. The number of hydrogen-bond donors (Lipinski definition) is 1. The smallest absolute Gasteiger partial charge is 0.389 e. The fourth-order valence-corrected chi connectivity index (χ4v) is 3.04. The Hall–Kier alpha value is -3.47. The van der Waals surface area contributed by atoms with Crippen LogP contribution in [0.25, 0.3) is 11.3 Å². The number of nitro groups is 1. The van der Waals surface area contributed by atoms with Gasteiger partial charge >= 0.3 is 5.82 Å². The topological polar surface area (TPSA) is 121 Å². The van der Waals surface area contributed by atoms with Crippen molar-refractivity contribution in [3.05, 3.63) is 46.0 Å². The summed E-state index contributed by atoms with van der Waals surface area (Å²) in [5.74, 6) is 0.573. The van der Waals surface area contributed by atoms with Crippen LogP contribution in [-0.4, -0.2) is 39.8 Å². The van der Waals surface area contributed by atoms with Crippen LogP contribution >= 0.6 is 11.3 Å². The quantitative estimate of drug-likeness (QED) is 0.487. The lowest BCUT2D eigenvalue weighted by atomic mass is 10.1. The first-order valence-corrected chi connectivity index (χ1v) is 8.53. The van der Waals surface area contributed by atoms with Crippen LogP contribution in [0.1, 0.15) is 0 Å². The summed E-state index contributed by atoms with van der Waals surface area (Å²) in [6.45, 7) is -0.161. The largest absolute Gasteiger partial charge is 0.497 e. The van der Waals surface area contributed by atoms with Crippen LogP contribution in [0.5, 0.6) is 11.5 Å². The summed E-state index contributed by atoms with van der Waals surface area (Å²) in [6, 6.07) is 6.57. The van der Waals surface area contributed by atoms with Gasteiger partial charge in [-0.3, -0.25) is 4.79 Å². The van der Waals surface area contributed by atoms with Gasteiger partial charge in [-0.1, -0.05) is 0 Å². The first-order chi connectivity index (χ1) is 13.0. The molecule has 1 aromatic carbocycles. The van der Waals surface area contributed by atoms with Gasteiger partial charge in [0.1, 0.15) is 18.0 Å². The molecular formula is C16H15N5O5S. The summed E-state index contributed by atoms with van der Waals surface area (Å²) in [5, 5.41) is 19.1. The lowest BCUT2D eigenvalue weighted by Crippen LogP contribution is -2.19. The summed E-state index contributed by atoms with van der Waals surface area (Å²) in [6.07, 6.45) is 1.37. The number of nitrogens with zero attached hydrogens (tertiary/aromatic N) is 4. The predicted octanol–water partition coefficient (Wildman–Crippen LogP) is 2.57. The van der Waals surface area contributed by atoms with Crippen molar-refractivity contribution in [3.63, 3.8) is 0 Å². The lowest BCUT2D eigenvalue weighted by Gasteiger charge is -2.08. The third kappa shape index (κ3) is 4.20. The maximum absolute atomic E-state index is 12.1. The number of rotatable bonds is 7. The number of carbonyl (C=O) groups excluding carboxylic acids is 1. The molecular weight excluding hydrogens is 374 g/mol. The number of methoxy groups -OCH3 is 2. The fraction of sp³-hybridized carbons (Fsp3) is 0.188. The molecule has 1 N–H and O–H groups in total. The Labute approximate surface area is 157 Å². The van der Waals surface area contributed by atoms with Crippen LogP contribution in [0.15, 0.2) is 35.8 Å². The van der Waals surface area contributed by atoms with E-state index in [0.717, 1.165) is 5.56 Å². The molecule has 140 valence electrons. The maximum Gasteiger partial charge on any atom is 0.389 e. The van der Waals surface area contributed by atoms with Gasteiger partial charge < -0.3 is 24.9 Å². The zero-order valence-corrected chi connectivity index (χ0v) is 15.2. The Bertz CT molecular complexity index is 983. The molecule has 0 radical (unpaired) electrons. The number of thiazole rings is 1. The molecule has 0 saturated heterocycles. The van der Waals surface area contributed by atoms with Crippen LogP contribution in [0, 0.1) is 10.1 Å². The van der Waals surface area contributed by atoms with E-state index in [1.54, 1.807) is 37.8 Å². The van der Waals surface area contributed by atoms with Crippen LogP contribution in [0.2, 0.25) is 0 Å². The van der Waals surface area contributed by atoms with Crippen molar-refractivity contribution in [2.75, 3.05) is 19.5 Å². The Morgan fingerprint density at radius 2 is 2.15 bits per heavy atom. The van der Waals surface area contributed by atoms with Gasteiger partial charge in [0.25, 0.3) is 0 Å². The van der Waals surface area contributed by atoms with E-state index in [1.807, 2.05) is 0 Å². The van der Waals surface area contributed by atoms with Crippen LogP contribution < -0.4 is 14.8 Å². The van der Waals surface area contributed by atoms with Gasteiger partial charge in [-0.2, -0.15) is 4.68 Å². The van der Waals surface area contributed by atoms with Crippen LogP contribution in [0.4, 0.5) is 10.9 Å². The maximum atomic E-state index is 12.1. The molecule has 11 heteroatoms. The molecule has 1 amide bonds. The highest BCUT2D eigenvalue weighted by Gasteiger charge is 2.16. The molecule has 0 fully saturated rings. The van der Waals surface area contributed by atoms with Gasteiger partial charge in [0.05, 0.1) is 37.3 Å². The van der Waals surface area contributed by atoms with Crippen molar-refractivity contribution in [3.8, 4) is 22.8 Å². The molecule has 0 atom stereocenters. The number of anilines is 1. The Kier molecular flexibility index (Phi) is 5.31. The van der Waals surface area contributed by atoms with Gasteiger partial charge in [0.2, 0.25) is 5.91 Å². The second-order valence-electron chi connectivity index (χ2n) is 5.28. The average Bonchev–Trinajstić information content (AvgIpc) is 3.30. The molecule has 3 rings (SSSR count). The van der Waals surface area contributed by atoms with Crippen molar-refractivity contribution in [2.24, 2.45) is 0 Å². The van der Waals surface area contributed by atoms with E-state index < -0.39 is 10.8 Å². The summed E-state index contributed by atoms with van der Waals surface area (Å²) in [5.41, 5.74) is 1.36. The number of aromatic nitrogens is 3. The van der Waals surface area contributed by atoms with Crippen LogP contribution in [-0.2, 0) is 11.3 Å². The highest BCUT2D eigenvalue weighted by Crippen LogP contribution is 2.35. The second kappa shape index (κ2) is 7.83. The summed E-state index contributed by atoms with van der Waals surface area (Å²) in [7, 11) is 3.13. The normalized spacial score (nSPS) is 10.4. The van der Waals surface area contributed by atoms with Crippen molar-refractivity contribution in [1.29, 1.82) is 0 Å². The Morgan fingerprint density at radius 1 is 1.33 bits per heavy atom. The molecule has 0 aliphatic carbocycles.